The largest absolute Gasteiger partial charge is 0.392 e. The molecule has 1 unspecified atom stereocenters. The van der Waals surface area contributed by atoms with Crippen LogP contribution in [-0.4, -0.2) is 70.0 Å². The van der Waals surface area contributed by atoms with Crippen LogP contribution in [0.4, 0.5) is 15.8 Å². The minimum absolute atomic E-state index is 0.00919. The van der Waals surface area contributed by atoms with E-state index in [1.807, 2.05) is 4.90 Å². The van der Waals surface area contributed by atoms with Crippen molar-refractivity contribution in [3.63, 3.8) is 0 Å². The van der Waals surface area contributed by atoms with Crippen molar-refractivity contribution in [1.82, 2.24) is 20.2 Å². The molecule has 1 aliphatic rings. The van der Waals surface area contributed by atoms with Crippen LogP contribution in [0.5, 0.6) is 0 Å². The number of β-amino-alcohol motifs (C(OH)–C–C–N with tert-alkyl or cyclic N) is 1. The number of aromatic amines is 1. The quantitative estimate of drug-likeness (QED) is 0.313. The molecule has 1 saturated heterocycles. The summed E-state index contributed by atoms with van der Waals surface area (Å²) in [5.74, 6) is -2.10. The molecule has 2 heterocycles. The van der Waals surface area contributed by atoms with Crippen LogP contribution >= 0.6 is 11.6 Å². The van der Waals surface area contributed by atoms with Crippen molar-refractivity contribution in [2.45, 2.75) is 12.5 Å². The molecule has 3 amide bonds. The molecule has 0 saturated carbocycles. The molecule has 0 bridgehead atoms. The lowest BCUT2D eigenvalue weighted by Crippen LogP contribution is -2.35. The summed E-state index contributed by atoms with van der Waals surface area (Å²) in [6.07, 6.45) is 1.65. The maximum absolute atomic E-state index is 13.2. The van der Waals surface area contributed by atoms with E-state index in [1.165, 1.54) is 12.4 Å². The van der Waals surface area contributed by atoms with Crippen LogP contribution in [0.2, 0.25) is 5.02 Å². The number of benzene rings is 2. The monoisotopic (exact) mass is 514 g/mol. The molecule has 0 spiro atoms. The molecule has 1 aromatic heterocycles. The van der Waals surface area contributed by atoms with Crippen LogP contribution in [0.15, 0.2) is 48.8 Å². The summed E-state index contributed by atoms with van der Waals surface area (Å²) in [5.41, 5.74) is 0.947. The van der Waals surface area contributed by atoms with Crippen LogP contribution < -0.4 is 16.0 Å². The fraction of sp³-hybridized carbons (Fsp3) is 0.250. The Kier molecular flexibility index (Phi) is 7.93. The Hall–Kier alpha value is -3.80. The number of nitrogens with zero attached hydrogens (tertiary/aromatic N) is 2. The first-order chi connectivity index (χ1) is 17.3. The second kappa shape index (κ2) is 11.3. The second-order valence-electron chi connectivity index (χ2n) is 8.23. The number of rotatable bonds is 8. The zero-order chi connectivity index (χ0) is 25.7. The van der Waals surface area contributed by atoms with Gasteiger partial charge in [-0.15, -0.1) is 0 Å². The third kappa shape index (κ3) is 6.25. The number of H-pyrrole nitrogens is 1. The molecule has 0 aliphatic carbocycles. The number of likely N-dealkylation sites (tertiary alicyclic amines) is 1. The van der Waals surface area contributed by atoms with Gasteiger partial charge in [0.25, 0.3) is 17.7 Å². The van der Waals surface area contributed by atoms with Gasteiger partial charge >= 0.3 is 0 Å². The van der Waals surface area contributed by atoms with Crippen molar-refractivity contribution in [3.8, 4) is 0 Å². The van der Waals surface area contributed by atoms with E-state index in [-0.39, 0.29) is 28.1 Å². The molecule has 1 atom stereocenters. The number of hydrogen-bond acceptors (Lipinski definition) is 6. The molecule has 0 radical (unpaired) electrons. The van der Waals surface area contributed by atoms with Crippen LogP contribution in [0, 0.1) is 5.82 Å². The van der Waals surface area contributed by atoms with E-state index in [4.69, 9.17) is 11.6 Å². The summed E-state index contributed by atoms with van der Waals surface area (Å²) in [5, 5.41) is 17.6. The highest BCUT2D eigenvalue weighted by molar-refractivity contribution is 6.34. The average Bonchev–Trinajstić information content (AvgIpc) is 3.49. The zero-order valence-corrected chi connectivity index (χ0v) is 19.8. The third-order valence-electron chi connectivity index (χ3n) is 5.62. The van der Waals surface area contributed by atoms with Gasteiger partial charge in [0, 0.05) is 37.6 Å². The lowest BCUT2D eigenvalue weighted by atomic mass is 10.2. The van der Waals surface area contributed by atoms with E-state index in [2.05, 4.69) is 25.9 Å². The number of carbonyl (C=O) groups is 3. The van der Waals surface area contributed by atoms with Crippen molar-refractivity contribution in [2.24, 2.45) is 0 Å². The number of nitrogens with one attached hydrogen (secondary N) is 4. The Morgan fingerprint density at radius 1 is 1.08 bits per heavy atom. The van der Waals surface area contributed by atoms with Gasteiger partial charge in [0.15, 0.2) is 5.69 Å². The lowest BCUT2D eigenvalue weighted by Gasteiger charge is -2.15. The number of anilines is 2. The highest BCUT2D eigenvalue weighted by Gasteiger charge is 2.22. The molecular weight excluding hydrogens is 491 g/mol. The highest BCUT2D eigenvalue weighted by Crippen LogP contribution is 2.20. The summed E-state index contributed by atoms with van der Waals surface area (Å²) < 4.78 is 13.2. The third-order valence-corrected chi connectivity index (χ3v) is 5.93. The second-order valence-corrected chi connectivity index (χ2v) is 8.64. The Labute approximate surface area is 210 Å². The molecular formula is C24H24ClFN6O4. The fourth-order valence-corrected chi connectivity index (χ4v) is 4.02. The van der Waals surface area contributed by atoms with Crippen molar-refractivity contribution >= 4 is 40.7 Å². The van der Waals surface area contributed by atoms with Crippen molar-refractivity contribution in [1.29, 1.82) is 0 Å². The summed E-state index contributed by atoms with van der Waals surface area (Å²) in [6.45, 7) is 2.31. The van der Waals surface area contributed by atoms with Crippen LogP contribution in [0.1, 0.15) is 37.8 Å². The minimum Gasteiger partial charge on any atom is -0.392 e. The van der Waals surface area contributed by atoms with Gasteiger partial charge in [-0.3, -0.25) is 19.3 Å². The minimum atomic E-state index is -0.584. The molecule has 1 aliphatic heterocycles. The van der Waals surface area contributed by atoms with Crippen LogP contribution in [0.25, 0.3) is 0 Å². The Morgan fingerprint density at radius 3 is 2.42 bits per heavy atom. The smallest absolute Gasteiger partial charge is 0.276 e. The van der Waals surface area contributed by atoms with Crippen molar-refractivity contribution in [2.75, 3.05) is 36.8 Å². The first-order valence-electron chi connectivity index (χ1n) is 11.2. The first-order valence-corrected chi connectivity index (χ1v) is 11.6. The van der Waals surface area contributed by atoms with Gasteiger partial charge in [0.1, 0.15) is 11.5 Å². The van der Waals surface area contributed by atoms with Gasteiger partial charge in [0.05, 0.1) is 23.0 Å². The molecule has 12 heteroatoms. The number of carbonyl (C=O) groups excluding carboxylic acids is 3. The van der Waals surface area contributed by atoms with Gasteiger partial charge in [-0.05, 0) is 48.9 Å². The SMILES string of the molecule is O=C(Nc1ccc(NC(=O)c2nc[nH]c2C(=O)NCCN2CCC(O)C2)cc1)c1ccc(F)cc1Cl. The number of hydrogen-bond donors (Lipinski definition) is 5. The topological polar surface area (TPSA) is 139 Å². The molecule has 2 aromatic carbocycles. The molecule has 188 valence electrons. The number of amides is 3. The maximum atomic E-state index is 13.2. The number of aliphatic hydroxyl groups excluding tert-OH is 1. The number of halogens is 2. The molecule has 4 rings (SSSR count). The van der Waals surface area contributed by atoms with E-state index < -0.39 is 23.5 Å². The number of aromatic nitrogens is 2. The Morgan fingerprint density at radius 2 is 1.78 bits per heavy atom. The van der Waals surface area contributed by atoms with Crippen molar-refractivity contribution < 1.29 is 23.9 Å². The summed E-state index contributed by atoms with van der Waals surface area (Å²) >= 11 is 5.92. The average molecular weight is 515 g/mol. The van der Waals surface area contributed by atoms with Crippen LogP contribution in [0.3, 0.4) is 0 Å². The Balaban J connectivity index is 1.31. The van der Waals surface area contributed by atoms with E-state index >= 15 is 0 Å². The predicted molar refractivity (Wildman–Crippen MR) is 132 cm³/mol. The summed E-state index contributed by atoms with van der Waals surface area (Å²) in [7, 11) is 0. The van der Waals surface area contributed by atoms with E-state index in [0.29, 0.717) is 31.0 Å². The summed E-state index contributed by atoms with van der Waals surface area (Å²) in [4.78, 5) is 46.3. The van der Waals surface area contributed by atoms with Gasteiger partial charge in [-0.2, -0.15) is 0 Å². The van der Waals surface area contributed by atoms with Gasteiger partial charge in [-0.25, -0.2) is 9.37 Å². The van der Waals surface area contributed by atoms with Gasteiger partial charge in [-0.1, -0.05) is 11.6 Å². The van der Waals surface area contributed by atoms with E-state index in [0.717, 1.165) is 25.1 Å². The predicted octanol–water partition coefficient (Wildman–Crippen LogP) is 2.50. The van der Waals surface area contributed by atoms with E-state index in [1.54, 1.807) is 24.3 Å². The zero-order valence-electron chi connectivity index (χ0n) is 19.1. The molecule has 5 N–H and O–H groups in total. The van der Waals surface area contributed by atoms with E-state index in [9.17, 15) is 23.9 Å². The maximum Gasteiger partial charge on any atom is 0.276 e. The summed E-state index contributed by atoms with van der Waals surface area (Å²) in [6, 6.07) is 9.75. The fourth-order valence-electron chi connectivity index (χ4n) is 3.77. The van der Waals surface area contributed by atoms with Gasteiger partial charge < -0.3 is 26.0 Å². The molecule has 3 aromatic rings. The molecule has 10 nitrogen and oxygen atoms in total. The highest BCUT2D eigenvalue weighted by atomic mass is 35.5. The van der Waals surface area contributed by atoms with Gasteiger partial charge in [0.2, 0.25) is 0 Å². The normalized spacial score (nSPS) is 15.5. The standard InChI is InChI=1S/C24H24ClFN6O4/c25-19-11-14(26)1-6-18(19)22(34)30-15-2-4-16(5-3-15)31-24(36)21-20(28-13-29-21)23(35)27-8-10-32-9-7-17(33)12-32/h1-6,11,13,17,33H,7-10,12H2,(H,27,35)(H,28,29)(H,30,34)(H,31,36). The molecule has 1 fully saturated rings. The number of aliphatic hydroxyl groups is 1. The van der Waals surface area contributed by atoms with Crippen LogP contribution in [-0.2, 0) is 0 Å². The lowest BCUT2D eigenvalue weighted by molar-refractivity contribution is 0.0931. The Bertz CT molecular complexity index is 1270. The molecule has 36 heavy (non-hydrogen) atoms. The number of imidazole rings is 1. The first kappa shape index (κ1) is 25.3. The van der Waals surface area contributed by atoms with Crippen molar-refractivity contribution in [3.05, 3.63) is 76.6 Å².